The molecule has 0 aromatic heterocycles. The molecule has 1 saturated carbocycles. The molecule has 0 bridgehead atoms. The van der Waals surface area contributed by atoms with Crippen molar-refractivity contribution in [2.45, 2.75) is 64.5 Å². The molecular formula is C13H24N2O3. The van der Waals surface area contributed by atoms with Crippen molar-refractivity contribution in [3.63, 3.8) is 0 Å². The van der Waals surface area contributed by atoms with Gasteiger partial charge in [0.1, 0.15) is 5.54 Å². The Morgan fingerprint density at radius 2 is 1.72 bits per heavy atom. The number of nitrogens with two attached hydrogens (primary N) is 1. The fourth-order valence-electron chi connectivity index (χ4n) is 2.25. The van der Waals surface area contributed by atoms with E-state index in [-0.39, 0.29) is 11.3 Å². The van der Waals surface area contributed by atoms with Crippen molar-refractivity contribution in [2.24, 2.45) is 11.1 Å². The molecule has 1 aliphatic rings. The zero-order chi connectivity index (χ0) is 14.0. The van der Waals surface area contributed by atoms with Crippen LogP contribution in [-0.4, -0.2) is 28.6 Å². The Hall–Kier alpha value is -1.10. The Labute approximate surface area is 108 Å². The first kappa shape index (κ1) is 15.0. The minimum absolute atomic E-state index is 0.369. The highest BCUT2D eigenvalue weighted by atomic mass is 16.4. The Morgan fingerprint density at radius 3 is 2.11 bits per heavy atom. The van der Waals surface area contributed by atoms with Crippen LogP contribution in [0.25, 0.3) is 0 Å². The van der Waals surface area contributed by atoms with Gasteiger partial charge in [-0.05, 0) is 18.3 Å². The molecule has 0 spiro atoms. The number of nitrogens with one attached hydrogen (secondary N) is 1. The average molecular weight is 256 g/mol. The van der Waals surface area contributed by atoms with Crippen LogP contribution < -0.4 is 11.1 Å². The molecule has 104 valence electrons. The van der Waals surface area contributed by atoms with Gasteiger partial charge in [0.15, 0.2) is 0 Å². The van der Waals surface area contributed by atoms with Crippen LogP contribution in [0.1, 0.15) is 52.9 Å². The van der Waals surface area contributed by atoms with E-state index in [1.807, 2.05) is 20.8 Å². The Bertz CT molecular complexity index is 328. The lowest BCUT2D eigenvalue weighted by Gasteiger charge is -2.36. The minimum Gasteiger partial charge on any atom is -0.480 e. The van der Waals surface area contributed by atoms with Crippen LogP contribution in [0.15, 0.2) is 0 Å². The maximum atomic E-state index is 12.1. The summed E-state index contributed by atoms with van der Waals surface area (Å²) in [5.41, 5.74) is 4.38. The van der Waals surface area contributed by atoms with Gasteiger partial charge in [-0.3, -0.25) is 4.79 Å². The molecule has 0 heterocycles. The fraction of sp³-hybridized carbons (Fsp3) is 0.846. The molecule has 1 fully saturated rings. The minimum atomic E-state index is -1.11. The lowest BCUT2D eigenvalue weighted by atomic mass is 9.80. The molecule has 4 N–H and O–H groups in total. The zero-order valence-corrected chi connectivity index (χ0v) is 11.5. The standard InChI is InChI=1S/C13H24N2O3/c1-12(2,3)9(14)10(16)15-13(11(17)18)7-5-4-6-8-13/h9H,4-8,14H2,1-3H3,(H,15,16)(H,17,18)/t9-/m1/s1. The topological polar surface area (TPSA) is 92.4 Å². The number of hydrogen-bond acceptors (Lipinski definition) is 3. The fourth-order valence-corrected chi connectivity index (χ4v) is 2.25. The smallest absolute Gasteiger partial charge is 0.329 e. The third kappa shape index (κ3) is 3.22. The molecule has 1 rings (SSSR count). The van der Waals surface area contributed by atoms with Crippen molar-refractivity contribution in [2.75, 3.05) is 0 Å². The summed E-state index contributed by atoms with van der Waals surface area (Å²) in [6, 6.07) is -0.698. The van der Waals surface area contributed by atoms with E-state index in [4.69, 9.17) is 5.73 Å². The number of carbonyl (C=O) groups excluding carboxylic acids is 1. The third-order valence-corrected chi connectivity index (χ3v) is 3.69. The summed E-state index contributed by atoms with van der Waals surface area (Å²) in [6.45, 7) is 5.60. The molecule has 0 unspecified atom stereocenters. The summed E-state index contributed by atoms with van der Waals surface area (Å²) < 4.78 is 0. The van der Waals surface area contributed by atoms with Gasteiger partial charge in [0, 0.05) is 0 Å². The maximum Gasteiger partial charge on any atom is 0.329 e. The number of amides is 1. The molecule has 5 heteroatoms. The van der Waals surface area contributed by atoms with Gasteiger partial charge < -0.3 is 16.2 Å². The van der Waals surface area contributed by atoms with Gasteiger partial charge in [-0.2, -0.15) is 0 Å². The van der Waals surface area contributed by atoms with E-state index in [0.717, 1.165) is 19.3 Å². The van der Waals surface area contributed by atoms with Gasteiger partial charge in [0.2, 0.25) is 5.91 Å². The Kier molecular flexibility index (Phi) is 4.37. The number of aliphatic carboxylic acids is 1. The number of carboxylic acids is 1. The zero-order valence-electron chi connectivity index (χ0n) is 11.5. The molecule has 1 atom stereocenters. The molecule has 5 nitrogen and oxygen atoms in total. The molecule has 0 aliphatic heterocycles. The second-order valence-corrected chi connectivity index (χ2v) is 6.28. The van der Waals surface area contributed by atoms with Crippen molar-refractivity contribution in [3.8, 4) is 0 Å². The normalized spacial score (nSPS) is 21.1. The van der Waals surface area contributed by atoms with Gasteiger partial charge in [0.05, 0.1) is 6.04 Å². The van der Waals surface area contributed by atoms with Crippen molar-refractivity contribution in [3.05, 3.63) is 0 Å². The van der Waals surface area contributed by atoms with Gasteiger partial charge in [-0.25, -0.2) is 4.79 Å². The van der Waals surface area contributed by atoms with E-state index >= 15 is 0 Å². The number of carboxylic acid groups (broad SMARTS) is 1. The van der Waals surface area contributed by atoms with Crippen LogP contribution in [0.3, 0.4) is 0 Å². The predicted molar refractivity (Wildman–Crippen MR) is 69.0 cm³/mol. The second-order valence-electron chi connectivity index (χ2n) is 6.28. The van der Waals surface area contributed by atoms with E-state index in [1.54, 1.807) is 0 Å². The second kappa shape index (κ2) is 5.26. The van der Waals surface area contributed by atoms with Gasteiger partial charge in [-0.15, -0.1) is 0 Å². The van der Waals surface area contributed by atoms with Gasteiger partial charge >= 0.3 is 5.97 Å². The van der Waals surface area contributed by atoms with Crippen LogP contribution in [0.4, 0.5) is 0 Å². The summed E-state index contributed by atoms with van der Waals surface area (Å²) >= 11 is 0. The van der Waals surface area contributed by atoms with Crippen LogP contribution >= 0.6 is 0 Å². The first-order valence-corrected chi connectivity index (χ1v) is 6.50. The summed E-state index contributed by atoms with van der Waals surface area (Å²) in [5, 5.41) is 12.0. The van der Waals surface area contributed by atoms with Gasteiger partial charge in [-0.1, -0.05) is 40.0 Å². The lowest BCUT2D eigenvalue weighted by Crippen LogP contribution is -2.61. The number of carbonyl (C=O) groups is 2. The first-order valence-electron chi connectivity index (χ1n) is 6.50. The van der Waals surface area contributed by atoms with E-state index in [1.165, 1.54) is 0 Å². The SMILES string of the molecule is CC(C)(C)[C@H](N)C(=O)NC1(C(=O)O)CCCCC1. The first-order chi connectivity index (χ1) is 8.19. The predicted octanol–water partition coefficient (Wildman–Crippen LogP) is 1.26. The summed E-state index contributed by atoms with van der Waals surface area (Å²) in [7, 11) is 0. The van der Waals surface area contributed by atoms with Crippen molar-refractivity contribution < 1.29 is 14.7 Å². The number of hydrogen-bond donors (Lipinski definition) is 3. The van der Waals surface area contributed by atoms with Crippen LogP contribution in [0.2, 0.25) is 0 Å². The number of rotatable bonds is 3. The van der Waals surface area contributed by atoms with Gasteiger partial charge in [0.25, 0.3) is 0 Å². The van der Waals surface area contributed by atoms with Crippen LogP contribution in [-0.2, 0) is 9.59 Å². The Balaban J connectivity index is 2.79. The molecular weight excluding hydrogens is 232 g/mol. The molecule has 0 aromatic carbocycles. The molecule has 0 saturated heterocycles. The molecule has 0 aromatic rings. The highest BCUT2D eigenvalue weighted by molar-refractivity contribution is 5.90. The quantitative estimate of drug-likeness (QED) is 0.709. The van der Waals surface area contributed by atoms with E-state index < -0.39 is 17.6 Å². The Morgan fingerprint density at radius 1 is 1.22 bits per heavy atom. The average Bonchev–Trinajstić information content (AvgIpc) is 2.27. The molecule has 1 amide bonds. The van der Waals surface area contributed by atoms with Crippen molar-refractivity contribution >= 4 is 11.9 Å². The van der Waals surface area contributed by atoms with Crippen LogP contribution in [0, 0.1) is 5.41 Å². The maximum absolute atomic E-state index is 12.1. The van der Waals surface area contributed by atoms with Crippen molar-refractivity contribution in [1.82, 2.24) is 5.32 Å². The summed E-state index contributed by atoms with van der Waals surface area (Å²) in [6.07, 6.45) is 3.67. The molecule has 18 heavy (non-hydrogen) atoms. The molecule has 0 radical (unpaired) electrons. The lowest BCUT2D eigenvalue weighted by molar-refractivity contribution is -0.149. The highest BCUT2D eigenvalue weighted by Crippen LogP contribution is 2.29. The summed E-state index contributed by atoms with van der Waals surface area (Å²) in [5.74, 6) is -1.32. The van der Waals surface area contributed by atoms with E-state index in [0.29, 0.717) is 12.8 Å². The molecule has 1 aliphatic carbocycles. The van der Waals surface area contributed by atoms with Crippen LogP contribution in [0.5, 0.6) is 0 Å². The summed E-state index contributed by atoms with van der Waals surface area (Å²) in [4.78, 5) is 23.5. The van der Waals surface area contributed by atoms with E-state index in [9.17, 15) is 14.7 Å². The third-order valence-electron chi connectivity index (χ3n) is 3.69. The highest BCUT2D eigenvalue weighted by Gasteiger charge is 2.42. The van der Waals surface area contributed by atoms with E-state index in [2.05, 4.69) is 5.32 Å². The monoisotopic (exact) mass is 256 g/mol. The largest absolute Gasteiger partial charge is 0.480 e. The van der Waals surface area contributed by atoms with Crippen molar-refractivity contribution in [1.29, 1.82) is 0 Å².